The van der Waals surface area contributed by atoms with Crippen molar-refractivity contribution in [2.75, 3.05) is 31.0 Å². The van der Waals surface area contributed by atoms with Crippen LogP contribution in [-0.4, -0.2) is 65.5 Å². The molecule has 1 aromatic heterocycles. The number of carbonyl (C=O) groups is 1. The smallest absolute Gasteiger partial charge is 0.410 e. The molecule has 1 unspecified atom stereocenters. The van der Waals surface area contributed by atoms with Gasteiger partial charge in [-0.3, -0.25) is 9.62 Å². The molecule has 208 valence electrons. The number of hydrogen-bond acceptors (Lipinski definition) is 9. The second kappa shape index (κ2) is 10.7. The van der Waals surface area contributed by atoms with E-state index in [1.54, 1.807) is 29.2 Å². The van der Waals surface area contributed by atoms with Crippen LogP contribution in [0.4, 0.5) is 14.3 Å². The quantitative estimate of drug-likeness (QED) is 0.470. The monoisotopic (exact) mass is 575 g/mol. The third-order valence-electron chi connectivity index (χ3n) is 6.61. The summed E-state index contributed by atoms with van der Waals surface area (Å²) in [5.74, 6) is 0.149. The third-order valence-corrected chi connectivity index (χ3v) is 8.66. The molecule has 1 amide bonds. The Kier molecular flexibility index (Phi) is 7.49. The minimum Gasteiger partial charge on any atom is -0.493 e. The topological polar surface area (TPSA) is 114 Å². The Labute approximate surface area is 231 Å². The van der Waals surface area contributed by atoms with Crippen molar-refractivity contribution in [3.63, 3.8) is 0 Å². The first-order valence-electron chi connectivity index (χ1n) is 12.6. The zero-order valence-corrected chi connectivity index (χ0v) is 23.5. The Balaban J connectivity index is 1.43. The highest BCUT2D eigenvalue weighted by Gasteiger charge is 2.39. The second-order valence-corrected chi connectivity index (χ2v) is 12.9. The number of halogens is 1. The van der Waals surface area contributed by atoms with E-state index in [9.17, 15) is 17.6 Å². The summed E-state index contributed by atoms with van der Waals surface area (Å²) in [6, 6.07) is 10.8. The minimum atomic E-state index is -3.88. The predicted octanol–water partition coefficient (Wildman–Crippen LogP) is 4.60. The van der Waals surface area contributed by atoms with E-state index in [1.807, 2.05) is 20.8 Å². The predicted molar refractivity (Wildman–Crippen MR) is 144 cm³/mol. The third kappa shape index (κ3) is 6.15. The Morgan fingerprint density at radius 2 is 1.92 bits per heavy atom. The van der Waals surface area contributed by atoms with Gasteiger partial charge in [-0.05, 0) is 44.5 Å². The fraction of sp³-hybridized carbons (Fsp3) is 0.423. The highest BCUT2D eigenvalue weighted by molar-refractivity contribution is 7.93. The number of ether oxygens (including phenoxy) is 2. The second-order valence-electron chi connectivity index (χ2n) is 10.4. The summed E-state index contributed by atoms with van der Waals surface area (Å²) >= 11 is 0.947. The van der Waals surface area contributed by atoms with E-state index in [4.69, 9.17) is 9.47 Å². The number of nitrogens with one attached hydrogen (secondary N) is 1. The van der Waals surface area contributed by atoms with Gasteiger partial charge in [0, 0.05) is 55.3 Å². The van der Waals surface area contributed by atoms with Crippen LogP contribution in [-0.2, 0) is 14.8 Å². The lowest BCUT2D eigenvalue weighted by molar-refractivity contribution is -0.0104. The van der Waals surface area contributed by atoms with Crippen molar-refractivity contribution in [2.24, 2.45) is 0 Å². The lowest BCUT2D eigenvalue weighted by atomic mass is 9.93. The molecule has 0 aliphatic carbocycles. The first-order valence-corrected chi connectivity index (χ1v) is 14.8. The van der Waals surface area contributed by atoms with Gasteiger partial charge in [0.1, 0.15) is 23.5 Å². The zero-order chi connectivity index (χ0) is 27.8. The molecule has 2 aliphatic heterocycles. The van der Waals surface area contributed by atoms with Crippen LogP contribution in [0.3, 0.4) is 0 Å². The molecule has 0 saturated carbocycles. The number of benzene rings is 2. The van der Waals surface area contributed by atoms with Crippen LogP contribution in [0.15, 0.2) is 53.7 Å². The van der Waals surface area contributed by atoms with Crippen LogP contribution < -0.4 is 9.46 Å². The molecule has 0 spiro atoms. The molecule has 2 atom stereocenters. The zero-order valence-electron chi connectivity index (χ0n) is 21.8. The first kappa shape index (κ1) is 27.3. The summed E-state index contributed by atoms with van der Waals surface area (Å²) in [7, 11) is -3.88. The molecule has 13 heteroatoms. The van der Waals surface area contributed by atoms with Gasteiger partial charge in [0.2, 0.25) is 5.13 Å². The van der Waals surface area contributed by atoms with Crippen LogP contribution in [0, 0.1) is 5.82 Å². The Hall–Kier alpha value is -3.29. The van der Waals surface area contributed by atoms with Crippen molar-refractivity contribution in [3.05, 3.63) is 65.7 Å². The molecule has 1 saturated heterocycles. The van der Waals surface area contributed by atoms with Gasteiger partial charge in [-0.2, -0.15) is 4.37 Å². The molecule has 1 N–H and O–H groups in total. The minimum absolute atomic E-state index is 0.0573. The largest absolute Gasteiger partial charge is 0.493 e. The molecule has 39 heavy (non-hydrogen) atoms. The highest BCUT2D eigenvalue weighted by Crippen LogP contribution is 2.42. The van der Waals surface area contributed by atoms with Crippen molar-refractivity contribution in [1.29, 1.82) is 0 Å². The molecule has 0 radical (unpaired) electrons. The fourth-order valence-corrected chi connectivity index (χ4v) is 6.58. The van der Waals surface area contributed by atoms with E-state index in [0.29, 0.717) is 38.4 Å². The lowest BCUT2D eigenvalue weighted by Gasteiger charge is -2.46. The standard InChI is InChI=1S/C26H30FN5O5S2/c1-26(2,3)37-25(33)31-11-12-32(22(15-31)17-4-6-18(27)7-5-17)21-10-13-36-23-14-19(8-9-20(21)23)39(34,35)30-24-28-16-29-38-24/h4-9,14,16,21-22H,10-13,15H2,1-3H3,(H,28,29,30)/t21-,22?/m1/s1. The van der Waals surface area contributed by atoms with Gasteiger partial charge in [0.25, 0.3) is 10.0 Å². The average Bonchev–Trinajstić information content (AvgIpc) is 3.39. The average molecular weight is 576 g/mol. The van der Waals surface area contributed by atoms with Crippen LogP contribution in [0.2, 0.25) is 0 Å². The first-order chi connectivity index (χ1) is 18.5. The Morgan fingerprint density at radius 3 is 2.62 bits per heavy atom. The summed E-state index contributed by atoms with van der Waals surface area (Å²) in [5, 5.41) is 0.177. The molecule has 3 heterocycles. The molecule has 0 bridgehead atoms. The molecular formula is C26H30FN5O5S2. The van der Waals surface area contributed by atoms with Crippen molar-refractivity contribution in [3.8, 4) is 5.75 Å². The number of hydrogen-bond donors (Lipinski definition) is 1. The van der Waals surface area contributed by atoms with Crippen molar-refractivity contribution < 1.29 is 27.1 Å². The number of piperazine rings is 1. The number of amides is 1. The number of anilines is 1. The van der Waals surface area contributed by atoms with Gasteiger partial charge < -0.3 is 14.4 Å². The molecule has 2 aromatic carbocycles. The normalized spacial score (nSPS) is 20.2. The maximum absolute atomic E-state index is 13.8. The van der Waals surface area contributed by atoms with E-state index in [1.165, 1.54) is 24.5 Å². The number of sulfonamides is 1. The van der Waals surface area contributed by atoms with E-state index < -0.39 is 15.6 Å². The van der Waals surface area contributed by atoms with Crippen molar-refractivity contribution in [2.45, 2.75) is 49.8 Å². The Morgan fingerprint density at radius 1 is 1.15 bits per heavy atom. The number of nitrogens with zero attached hydrogens (tertiary/aromatic N) is 4. The van der Waals surface area contributed by atoms with Crippen molar-refractivity contribution >= 4 is 32.8 Å². The van der Waals surface area contributed by atoms with Crippen molar-refractivity contribution in [1.82, 2.24) is 19.2 Å². The fourth-order valence-electron chi connectivity index (χ4n) is 4.90. The number of aromatic nitrogens is 2. The van der Waals surface area contributed by atoms with E-state index in [2.05, 4.69) is 19.0 Å². The van der Waals surface area contributed by atoms with Gasteiger partial charge in [0.05, 0.1) is 17.5 Å². The molecule has 2 aliphatic rings. The van der Waals surface area contributed by atoms with Gasteiger partial charge in [-0.1, -0.05) is 18.2 Å². The Bertz CT molecular complexity index is 1430. The summed E-state index contributed by atoms with van der Waals surface area (Å²) in [4.78, 5) is 20.8. The maximum atomic E-state index is 13.8. The summed E-state index contributed by atoms with van der Waals surface area (Å²) in [6.07, 6.45) is 1.56. The summed E-state index contributed by atoms with van der Waals surface area (Å²) in [5.41, 5.74) is 1.11. The molecule has 1 fully saturated rings. The SMILES string of the molecule is CC(C)(C)OC(=O)N1CCN([C@@H]2CCOc3cc(S(=O)(=O)Nc4ncns4)ccc32)C(c2ccc(F)cc2)C1. The molecule has 3 aromatic rings. The number of rotatable bonds is 5. The van der Waals surface area contributed by atoms with Crippen LogP contribution in [0.5, 0.6) is 5.75 Å². The maximum Gasteiger partial charge on any atom is 0.410 e. The number of fused-ring (bicyclic) bond motifs is 1. The summed E-state index contributed by atoms with van der Waals surface area (Å²) < 4.78 is 57.4. The van der Waals surface area contributed by atoms with Gasteiger partial charge in [-0.15, -0.1) is 0 Å². The van der Waals surface area contributed by atoms with Crippen LogP contribution in [0.25, 0.3) is 0 Å². The highest BCUT2D eigenvalue weighted by atomic mass is 32.2. The van der Waals surface area contributed by atoms with E-state index in [0.717, 1.165) is 22.7 Å². The van der Waals surface area contributed by atoms with Gasteiger partial charge >= 0.3 is 6.09 Å². The molecule has 5 rings (SSSR count). The number of carbonyl (C=O) groups excluding carboxylic acids is 1. The van der Waals surface area contributed by atoms with E-state index in [-0.39, 0.29) is 34.0 Å². The molecule has 10 nitrogen and oxygen atoms in total. The lowest BCUT2D eigenvalue weighted by Crippen LogP contribution is -2.52. The summed E-state index contributed by atoms with van der Waals surface area (Å²) in [6.45, 7) is 7.25. The van der Waals surface area contributed by atoms with E-state index >= 15 is 0 Å². The van der Waals surface area contributed by atoms with Gasteiger partial charge in [-0.25, -0.2) is 22.6 Å². The van der Waals surface area contributed by atoms with Crippen LogP contribution >= 0.6 is 11.5 Å². The van der Waals surface area contributed by atoms with Crippen LogP contribution in [0.1, 0.15) is 50.4 Å². The van der Waals surface area contributed by atoms with Gasteiger partial charge in [0.15, 0.2) is 0 Å². The molecular weight excluding hydrogens is 545 g/mol.